The summed E-state index contributed by atoms with van der Waals surface area (Å²) >= 11 is 1.36. The highest BCUT2D eigenvalue weighted by Crippen LogP contribution is 2.32. The summed E-state index contributed by atoms with van der Waals surface area (Å²) in [5, 5.41) is 4.11. The van der Waals surface area contributed by atoms with Gasteiger partial charge >= 0.3 is 0 Å². The Morgan fingerprint density at radius 1 is 1.52 bits per heavy atom. The molecule has 2 fully saturated rings. The first kappa shape index (κ1) is 14.6. The molecule has 0 spiro atoms. The molecule has 1 aromatic heterocycles. The second kappa shape index (κ2) is 5.46. The third-order valence-electron chi connectivity index (χ3n) is 4.17. The van der Waals surface area contributed by atoms with Crippen molar-refractivity contribution in [1.29, 1.82) is 0 Å². The van der Waals surface area contributed by atoms with Gasteiger partial charge in [-0.1, -0.05) is 11.3 Å². The lowest BCUT2D eigenvalue weighted by atomic mass is 9.93. The van der Waals surface area contributed by atoms with E-state index in [4.69, 9.17) is 10.5 Å². The number of thiazole rings is 1. The van der Waals surface area contributed by atoms with Crippen LogP contribution in [0, 0.1) is 0 Å². The molecule has 0 bridgehead atoms. The summed E-state index contributed by atoms with van der Waals surface area (Å²) in [4.78, 5) is 19.4. The highest BCUT2D eigenvalue weighted by Gasteiger charge is 2.36. The monoisotopic (exact) mass is 310 g/mol. The summed E-state index contributed by atoms with van der Waals surface area (Å²) in [5.41, 5.74) is 5.64. The number of morpholine rings is 1. The van der Waals surface area contributed by atoms with Gasteiger partial charge in [0.05, 0.1) is 18.8 Å². The minimum Gasteiger partial charge on any atom is -0.382 e. The number of aromatic nitrogens is 1. The molecular weight excluding hydrogens is 288 g/mol. The number of hydrogen-bond donors (Lipinski definition) is 2. The number of amides is 1. The number of rotatable bonds is 3. The highest BCUT2D eigenvalue weighted by atomic mass is 32.1. The maximum Gasteiger partial charge on any atom is 0.268 e. The molecule has 1 aliphatic carbocycles. The summed E-state index contributed by atoms with van der Waals surface area (Å²) in [7, 11) is 0. The van der Waals surface area contributed by atoms with Crippen LogP contribution in [0.1, 0.15) is 42.8 Å². The van der Waals surface area contributed by atoms with Crippen LogP contribution >= 0.6 is 11.3 Å². The Hall–Kier alpha value is -1.34. The molecule has 3 rings (SSSR count). The van der Waals surface area contributed by atoms with Crippen molar-refractivity contribution in [2.24, 2.45) is 0 Å². The van der Waals surface area contributed by atoms with Gasteiger partial charge in [0.15, 0.2) is 5.13 Å². The Labute approximate surface area is 128 Å². The van der Waals surface area contributed by atoms with Crippen LogP contribution in [0.4, 0.5) is 10.9 Å². The predicted molar refractivity (Wildman–Crippen MR) is 83.7 cm³/mol. The minimum atomic E-state index is -0.312. The molecule has 7 heteroatoms. The Morgan fingerprint density at radius 3 is 2.90 bits per heavy atom. The molecule has 3 N–H and O–H groups in total. The first-order valence-corrected chi connectivity index (χ1v) is 8.21. The van der Waals surface area contributed by atoms with Gasteiger partial charge in [-0.3, -0.25) is 4.79 Å². The number of hydrogen-bond acceptors (Lipinski definition) is 6. The Balaban J connectivity index is 1.77. The SMILES string of the molecule is CC1(C)COCCN1C(=O)c1sc(NC2CCC2)nc1N. The average Bonchev–Trinajstić information content (AvgIpc) is 2.74. The molecule has 0 aromatic carbocycles. The number of nitrogen functional groups attached to an aromatic ring is 1. The van der Waals surface area contributed by atoms with Crippen LogP contribution in [-0.4, -0.2) is 47.1 Å². The largest absolute Gasteiger partial charge is 0.382 e. The van der Waals surface area contributed by atoms with Crippen LogP contribution in [-0.2, 0) is 4.74 Å². The fourth-order valence-electron chi connectivity index (χ4n) is 2.63. The molecular formula is C14H22N4O2S. The number of ether oxygens (including phenoxy) is 1. The standard InChI is InChI=1S/C14H22N4O2S/c1-14(2)8-20-7-6-18(14)12(19)10-11(15)17-13(21-10)16-9-4-3-5-9/h9H,3-8,15H2,1-2H3,(H,16,17). The number of carbonyl (C=O) groups excluding carboxylic acids is 1. The fraction of sp³-hybridized carbons (Fsp3) is 0.714. The lowest BCUT2D eigenvalue weighted by Crippen LogP contribution is -2.55. The van der Waals surface area contributed by atoms with E-state index in [1.54, 1.807) is 0 Å². The number of carbonyl (C=O) groups is 1. The maximum absolute atomic E-state index is 12.8. The maximum atomic E-state index is 12.8. The van der Waals surface area contributed by atoms with Gasteiger partial charge in [0.1, 0.15) is 10.7 Å². The smallest absolute Gasteiger partial charge is 0.268 e. The van der Waals surface area contributed by atoms with Crippen molar-refractivity contribution in [1.82, 2.24) is 9.88 Å². The fourth-order valence-corrected chi connectivity index (χ4v) is 3.54. The normalized spacial score (nSPS) is 21.9. The first-order valence-electron chi connectivity index (χ1n) is 7.40. The highest BCUT2D eigenvalue weighted by molar-refractivity contribution is 7.18. The molecule has 1 saturated carbocycles. The van der Waals surface area contributed by atoms with E-state index in [0.717, 1.165) is 5.13 Å². The van der Waals surface area contributed by atoms with Gasteiger partial charge in [0.2, 0.25) is 0 Å². The van der Waals surface area contributed by atoms with E-state index in [0.29, 0.717) is 36.5 Å². The molecule has 0 radical (unpaired) electrons. The van der Waals surface area contributed by atoms with Crippen molar-refractivity contribution in [2.75, 3.05) is 30.8 Å². The van der Waals surface area contributed by atoms with Crippen molar-refractivity contribution in [3.8, 4) is 0 Å². The zero-order valence-corrected chi connectivity index (χ0v) is 13.3. The number of nitrogens with two attached hydrogens (primary N) is 1. The van der Waals surface area contributed by atoms with E-state index in [9.17, 15) is 4.79 Å². The van der Waals surface area contributed by atoms with Crippen LogP contribution in [0.3, 0.4) is 0 Å². The van der Waals surface area contributed by atoms with Crippen LogP contribution < -0.4 is 11.1 Å². The number of nitrogens with zero attached hydrogens (tertiary/aromatic N) is 2. The van der Waals surface area contributed by atoms with Gasteiger partial charge < -0.3 is 20.7 Å². The van der Waals surface area contributed by atoms with Gasteiger partial charge in [-0.2, -0.15) is 0 Å². The van der Waals surface area contributed by atoms with Gasteiger partial charge in [-0.25, -0.2) is 4.98 Å². The van der Waals surface area contributed by atoms with Gasteiger partial charge in [0.25, 0.3) is 5.91 Å². The van der Waals surface area contributed by atoms with E-state index in [1.807, 2.05) is 18.7 Å². The minimum absolute atomic E-state index is 0.0417. The van der Waals surface area contributed by atoms with Crippen molar-refractivity contribution in [3.63, 3.8) is 0 Å². The van der Waals surface area contributed by atoms with Gasteiger partial charge in [-0.05, 0) is 33.1 Å². The zero-order valence-electron chi connectivity index (χ0n) is 12.5. The van der Waals surface area contributed by atoms with Crippen molar-refractivity contribution in [3.05, 3.63) is 4.88 Å². The van der Waals surface area contributed by atoms with Crippen LogP contribution in [0.5, 0.6) is 0 Å². The molecule has 116 valence electrons. The molecule has 6 nitrogen and oxygen atoms in total. The molecule has 1 saturated heterocycles. The van der Waals surface area contributed by atoms with Crippen molar-refractivity contribution >= 4 is 28.2 Å². The van der Waals surface area contributed by atoms with Crippen molar-refractivity contribution in [2.45, 2.75) is 44.7 Å². The van der Waals surface area contributed by atoms with E-state index < -0.39 is 0 Å². The summed E-state index contributed by atoms with van der Waals surface area (Å²) in [6.45, 7) is 5.73. The summed E-state index contributed by atoms with van der Waals surface area (Å²) in [6.07, 6.45) is 3.59. The summed E-state index contributed by atoms with van der Waals surface area (Å²) in [5.74, 6) is 0.286. The number of anilines is 2. The van der Waals surface area contributed by atoms with Gasteiger partial charge in [-0.15, -0.1) is 0 Å². The topological polar surface area (TPSA) is 80.5 Å². The lowest BCUT2D eigenvalue weighted by molar-refractivity contribution is -0.0368. The van der Waals surface area contributed by atoms with Gasteiger partial charge in [0, 0.05) is 12.6 Å². The van der Waals surface area contributed by atoms with Crippen molar-refractivity contribution < 1.29 is 9.53 Å². The molecule has 0 atom stereocenters. The second-order valence-corrected chi connectivity index (χ2v) is 7.33. The molecule has 2 heterocycles. The third kappa shape index (κ3) is 2.85. The summed E-state index contributed by atoms with van der Waals surface area (Å²) in [6, 6.07) is 0.485. The first-order chi connectivity index (χ1) is 9.97. The molecule has 1 amide bonds. The van der Waals surface area contributed by atoms with E-state index >= 15 is 0 Å². The second-order valence-electron chi connectivity index (χ2n) is 6.33. The quantitative estimate of drug-likeness (QED) is 0.892. The lowest BCUT2D eigenvalue weighted by Gasteiger charge is -2.41. The third-order valence-corrected chi connectivity index (χ3v) is 5.16. The molecule has 1 aliphatic heterocycles. The summed E-state index contributed by atoms with van der Waals surface area (Å²) < 4.78 is 5.46. The van der Waals surface area contributed by atoms with E-state index in [2.05, 4.69) is 10.3 Å². The average molecular weight is 310 g/mol. The predicted octanol–water partition coefficient (Wildman–Crippen LogP) is 1.94. The Bertz CT molecular complexity index is 539. The molecule has 1 aromatic rings. The molecule has 2 aliphatic rings. The number of nitrogens with one attached hydrogen (secondary N) is 1. The van der Waals surface area contributed by atoms with Crippen LogP contribution in [0.15, 0.2) is 0 Å². The Kier molecular flexibility index (Phi) is 3.79. The molecule has 0 unspecified atom stereocenters. The van der Waals surface area contributed by atoms with Crippen LogP contribution in [0.25, 0.3) is 0 Å². The van der Waals surface area contributed by atoms with E-state index in [1.165, 1.54) is 30.6 Å². The zero-order chi connectivity index (χ0) is 15.0. The molecule has 21 heavy (non-hydrogen) atoms. The van der Waals surface area contributed by atoms with Crippen LogP contribution in [0.2, 0.25) is 0 Å². The van der Waals surface area contributed by atoms with E-state index in [-0.39, 0.29) is 11.4 Å². The Morgan fingerprint density at radius 2 is 2.29 bits per heavy atom.